The first kappa shape index (κ1) is 30.3. The van der Waals surface area contributed by atoms with Crippen molar-refractivity contribution >= 4 is 38.8 Å². The fourth-order valence-electron chi connectivity index (χ4n) is 9.00. The van der Waals surface area contributed by atoms with Gasteiger partial charge in [-0.2, -0.15) is 0 Å². The van der Waals surface area contributed by atoms with Crippen molar-refractivity contribution in [3.8, 4) is 22.3 Å². The third kappa shape index (κ3) is 4.54. The Labute approximate surface area is 304 Å². The number of allylic oxidation sites excluding steroid dienone is 2. The van der Waals surface area contributed by atoms with Crippen molar-refractivity contribution in [1.29, 1.82) is 0 Å². The van der Waals surface area contributed by atoms with Crippen molar-refractivity contribution in [3.63, 3.8) is 0 Å². The van der Waals surface area contributed by atoms with Crippen LogP contribution in [-0.4, -0.2) is 11.5 Å². The van der Waals surface area contributed by atoms with Gasteiger partial charge in [0.15, 0.2) is 0 Å². The molecule has 8 aromatic rings. The van der Waals surface area contributed by atoms with Crippen LogP contribution in [0.2, 0.25) is 0 Å². The predicted molar refractivity (Wildman–Crippen MR) is 218 cm³/mol. The van der Waals surface area contributed by atoms with Crippen LogP contribution in [0.5, 0.6) is 0 Å². The summed E-state index contributed by atoms with van der Waals surface area (Å²) in [5.41, 5.74) is 14.8. The van der Waals surface area contributed by atoms with Gasteiger partial charge >= 0.3 is 0 Å². The van der Waals surface area contributed by atoms with E-state index in [1.165, 1.54) is 61.0 Å². The molecule has 0 aliphatic heterocycles. The molecule has 0 fully saturated rings. The molecule has 10 rings (SSSR count). The molecule has 2 aliphatic rings. The lowest BCUT2D eigenvalue weighted by atomic mass is 9.63. The van der Waals surface area contributed by atoms with Gasteiger partial charge in [-0.3, -0.25) is 0 Å². The zero-order valence-corrected chi connectivity index (χ0v) is 28.8. The van der Waals surface area contributed by atoms with Crippen LogP contribution in [0.25, 0.3) is 49.5 Å². The maximum Gasteiger partial charge on any atom is 0.141 e. The molecule has 0 N–H and O–H groups in total. The minimum absolute atomic E-state index is 0.337. The molecule has 2 heteroatoms. The minimum Gasteiger partial charge on any atom is -0.321 e. The highest BCUT2D eigenvalue weighted by atomic mass is 15.2. The van der Waals surface area contributed by atoms with Gasteiger partial charge in [-0.25, -0.2) is 4.98 Å². The summed E-state index contributed by atoms with van der Waals surface area (Å²) in [6.45, 7) is 4.74. The summed E-state index contributed by atoms with van der Waals surface area (Å²) in [6, 6.07) is 62.1. The first-order valence-electron chi connectivity index (χ1n) is 18.1. The zero-order chi connectivity index (χ0) is 34.6. The summed E-state index contributed by atoms with van der Waals surface area (Å²) in [7, 11) is 0. The SMILES string of the molecule is C=C/C=C(\CN(c1ccc2c(c1)C1(Cc3ccccc3-2)c2ccccc2-c2ccccc21)c1nc2ccccc2c2ccccc12)c1ccccc1. The van der Waals surface area contributed by atoms with E-state index in [0.29, 0.717) is 6.54 Å². The molecule has 1 spiro atoms. The van der Waals surface area contributed by atoms with Gasteiger partial charge in [-0.15, -0.1) is 0 Å². The molecular formula is C50H36N2. The molecule has 0 atom stereocenters. The first-order valence-corrected chi connectivity index (χ1v) is 18.1. The van der Waals surface area contributed by atoms with Crippen molar-refractivity contribution in [3.05, 3.63) is 216 Å². The average Bonchev–Trinajstić information content (AvgIpc) is 3.49. The fraction of sp³-hybridized carbons (Fsp3) is 0.0600. The molecule has 2 aliphatic carbocycles. The largest absolute Gasteiger partial charge is 0.321 e. The lowest BCUT2D eigenvalue weighted by molar-refractivity contribution is 0.622. The number of benzene rings is 7. The van der Waals surface area contributed by atoms with E-state index in [1.807, 2.05) is 6.08 Å². The number of rotatable bonds is 6. The molecule has 1 heterocycles. The summed E-state index contributed by atoms with van der Waals surface area (Å²) in [5.74, 6) is 0.942. The number of fused-ring (bicyclic) bond motifs is 12. The lowest BCUT2D eigenvalue weighted by Gasteiger charge is -2.40. The molecule has 1 aromatic heterocycles. The van der Waals surface area contributed by atoms with Gasteiger partial charge in [0.2, 0.25) is 0 Å². The van der Waals surface area contributed by atoms with Crippen LogP contribution >= 0.6 is 0 Å². The molecule has 246 valence electrons. The smallest absolute Gasteiger partial charge is 0.141 e. The maximum absolute atomic E-state index is 5.47. The van der Waals surface area contributed by atoms with E-state index in [-0.39, 0.29) is 5.41 Å². The number of para-hydroxylation sites is 1. The van der Waals surface area contributed by atoms with Crippen molar-refractivity contribution in [1.82, 2.24) is 4.98 Å². The third-order valence-corrected chi connectivity index (χ3v) is 11.2. The van der Waals surface area contributed by atoms with Gasteiger partial charge in [0.1, 0.15) is 5.82 Å². The van der Waals surface area contributed by atoms with Crippen molar-refractivity contribution in [2.45, 2.75) is 11.8 Å². The van der Waals surface area contributed by atoms with Gasteiger partial charge in [-0.1, -0.05) is 170 Å². The van der Waals surface area contributed by atoms with Crippen LogP contribution in [0.15, 0.2) is 189 Å². The van der Waals surface area contributed by atoms with Crippen LogP contribution in [0.3, 0.4) is 0 Å². The topological polar surface area (TPSA) is 16.1 Å². The van der Waals surface area contributed by atoms with Crippen LogP contribution < -0.4 is 4.90 Å². The van der Waals surface area contributed by atoms with E-state index in [9.17, 15) is 0 Å². The number of nitrogens with zero attached hydrogens (tertiary/aromatic N) is 2. The summed E-state index contributed by atoms with van der Waals surface area (Å²) in [4.78, 5) is 7.90. The lowest BCUT2D eigenvalue weighted by Crippen LogP contribution is -2.34. The van der Waals surface area contributed by atoms with Gasteiger partial charge in [-0.05, 0) is 85.7 Å². The highest BCUT2D eigenvalue weighted by Gasteiger charge is 2.48. The van der Waals surface area contributed by atoms with Gasteiger partial charge in [0, 0.05) is 16.5 Å². The second kappa shape index (κ2) is 12.1. The quantitative estimate of drug-likeness (QED) is 0.130. The molecule has 0 unspecified atom stereocenters. The Morgan fingerprint density at radius 3 is 1.92 bits per heavy atom. The Balaban J connectivity index is 1.27. The van der Waals surface area contributed by atoms with Crippen LogP contribution in [-0.2, 0) is 11.8 Å². The van der Waals surface area contributed by atoms with E-state index in [0.717, 1.165) is 34.2 Å². The highest BCUT2D eigenvalue weighted by Crippen LogP contribution is 2.59. The van der Waals surface area contributed by atoms with E-state index in [1.54, 1.807) is 0 Å². The van der Waals surface area contributed by atoms with Crippen molar-refractivity contribution in [2.75, 3.05) is 11.4 Å². The van der Waals surface area contributed by atoms with E-state index in [4.69, 9.17) is 4.98 Å². The van der Waals surface area contributed by atoms with Gasteiger partial charge < -0.3 is 4.90 Å². The van der Waals surface area contributed by atoms with E-state index >= 15 is 0 Å². The normalized spacial score (nSPS) is 13.7. The van der Waals surface area contributed by atoms with Gasteiger partial charge in [0.25, 0.3) is 0 Å². The molecule has 0 radical (unpaired) electrons. The Morgan fingerprint density at radius 2 is 1.17 bits per heavy atom. The zero-order valence-electron chi connectivity index (χ0n) is 28.8. The number of pyridine rings is 1. The first-order chi connectivity index (χ1) is 25.7. The molecule has 0 amide bonds. The molecule has 7 aromatic carbocycles. The Morgan fingerprint density at radius 1 is 0.577 bits per heavy atom. The minimum atomic E-state index is -0.337. The van der Waals surface area contributed by atoms with Crippen molar-refractivity contribution < 1.29 is 0 Å². The Hall–Kier alpha value is -6.51. The summed E-state index contributed by atoms with van der Waals surface area (Å²) < 4.78 is 0. The molecule has 52 heavy (non-hydrogen) atoms. The van der Waals surface area contributed by atoms with Crippen LogP contribution in [0, 0.1) is 0 Å². The monoisotopic (exact) mass is 664 g/mol. The Kier molecular flexibility index (Phi) is 7.04. The van der Waals surface area contributed by atoms with Crippen LogP contribution in [0.4, 0.5) is 11.5 Å². The van der Waals surface area contributed by atoms with Crippen molar-refractivity contribution in [2.24, 2.45) is 0 Å². The highest BCUT2D eigenvalue weighted by molar-refractivity contribution is 6.11. The molecule has 2 nitrogen and oxygen atoms in total. The number of hydrogen-bond donors (Lipinski definition) is 0. The number of anilines is 2. The predicted octanol–water partition coefficient (Wildman–Crippen LogP) is 12.3. The van der Waals surface area contributed by atoms with E-state index < -0.39 is 0 Å². The molecule has 0 saturated carbocycles. The number of aromatic nitrogens is 1. The third-order valence-electron chi connectivity index (χ3n) is 11.2. The fourth-order valence-corrected chi connectivity index (χ4v) is 9.00. The van der Waals surface area contributed by atoms with E-state index in [2.05, 4.69) is 187 Å². The Bertz CT molecular complexity index is 2670. The van der Waals surface area contributed by atoms with Gasteiger partial charge in [0.05, 0.1) is 17.5 Å². The maximum atomic E-state index is 5.47. The second-order valence-electron chi connectivity index (χ2n) is 13.9. The molecule has 0 saturated heterocycles. The number of hydrogen-bond acceptors (Lipinski definition) is 2. The summed E-state index contributed by atoms with van der Waals surface area (Å²) >= 11 is 0. The summed E-state index contributed by atoms with van der Waals surface area (Å²) in [5, 5.41) is 3.48. The molecule has 0 bridgehead atoms. The second-order valence-corrected chi connectivity index (χ2v) is 13.9. The summed E-state index contributed by atoms with van der Waals surface area (Å²) in [6.07, 6.45) is 4.94. The standard InChI is InChI=1S/C50H36N2/c1-2-16-36(34-17-4-3-5-18-34)33-52(49-44-25-9-8-21-39(44)43-24-12-15-28-48(43)51-49)37-29-30-42-38-20-7-6-19-35(38)32-50(47(42)31-37)45-26-13-10-22-40(45)41-23-11-14-27-46(41)50/h2-31H,1,32-33H2/b36-16+. The molecular weight excluding hydrogens is 629 g/mol. The van der Waals surface area contributed by atoms with Crippen LogP contribution in [0.1, 0.15) is 27.8 Å². The average molecular weight is 665 g/mol.